The molecule has 35 heavy (non-hydrogen) atoms. The summed E-state index contributed by atoms with van der Waals surface area (Å²) >= 11 is 0.851. The maximum absolute atomic E-state index is 13.3. The smallest absolute Gasteiger partial charge is 0.417 e. The van der Waals surface area contributed by atoms with Gasteiger partial charge in [-0.1, -0.05) is 36.4 Å². The molecule has 10 heteroatoms. The third-order valence-corrected chi connectivity index (χ3v) is 6.12. The lowest BCUT2D eigenvalue weighted by Crippen LogP contribution is -2.07. The highest BCUT2D eigenvalue weighted by Crippen LogP contribution is 2.38. The summed E-state index contributed by atoms with van der Waals surface area (Å²) in [7, 11) is 0. The Labute approximate surface area is 203 Å². The zero-order chi connectivity index (χ0) is 24.3. The van der Waals surface area contributed by atoms with Crippen molar-refractivity contribution in [2.45, 2.75) is 17.6 Å². The van der Waals surface area contributed by atoms with Crippen LogP contribution in [0, 0.1) is 0 Å². The molecule has 2 N–H and O–H groups in total. The average molecular weight is 497 g/mol. The quantitative estimate of drug-likeness (QED) is 0.279. The molecule has 0 spiro atoms. The highest BCUT2D eigenvalue weighted by Gasteiger charge is 2.33. The molecule has 0 atom stereocenters. The topological polar surface area (TPSA) is 68.3 Å². The molecule has 0 unspecified atom stereocenters. The van der Waals surface area contributed by atoms with Gasteiger partial charge in [0.25, 0.3) is 0 Å². The van der Waals surface area contributed by atoms with Crippen LogP contribution in [0.15, 0.2) is 84.0 Å². The minimum atomic E-state index is -4.44. The largest absolute Gasteiger partial charge is 0.454 e. The van der Waals surface area contributed by atoms with E-state index in [1.165, 1.54) is 18.3 Å². The highest BCUT2D eigenvalue weighted by molar-refractivity contribution is 8.00. The van der Waals surface area contributed by atoms with E-state index in [-0.39, 0.29) is 11.7 Å². The molecular formula is C25H19F3N4O2S. The first-order chi connectivity index (χ1) is 17.0. The summed E-state index contributed by atoms with van der Waals surface area (Å²) in [6.07, 6.45) is -1.41. The first kappa shape index (κ1) is 22.9. The lowest BCUT2D eigenvalue weighted by Gasteiger charge is -2.14. The zero-order valence-electron chi connectivity index (χ0n) is 18.2. The van der Waals surface area contributed by atoms with Crippen molar-refractivity contribution in [1.29, 1.82) is 0 Å². The first-order valence-electron chi connectivity index (χ1n) is 10.6. The Kier molecular flexibility index (Phi) is 6.37. The van der Waals surface area contributed by atoms with E-state index in [4.69, 9.17) is 9.47 Å². The maximum Gasteiger partial charge on any atom is 0.417 e. The number of hydrogen-bond acceptors (Lipinski definition) is 7. The van der Waals surface area contributed by atoms with Crippen molar-refractivity contribution >= 4 is 23.5 Å². The molecule has 5 rings (SSSR count). The number of halogens is 3. The van der Waals surface area contributed by atoms with Gasteiger partial charge in [0.2, 0.25) is 6.79 Å². The van der Waals surface area contributed by atoms with Gasteiger partial charge in [0, 0.05) is 41.2 Å². The second-order valence-electron chi connectivity index (χ2n) is 7.57. The lowest BCUT2D eigenvalue weighted by molar-refractivity contribution is -0.139. The Bertz CT molecular complexity index is 1330. The van der Waals surface area contributed by atoms with Gasteiger partial charge in [0.1, 0.15) is 5.69 Å². The Morgan fingerprint density at radius 3 is 2.49 bits per heavy atom. The van der Waals surface area contributed by atoms with Crippen LogP contribution in [0.1, 0.15) is 11.1 Å². The van der Waals surface area contributed by atoms with Crippen LogP contribution in [-0.2, 0) is 12.7 Å². The van der Waals surface area contributed by atoms with Gasteiger partial charge in [-0.2, -0.15) is 13.2 Å². The Balaban J connectivity index is 1.27. The summed E-state index contributed by atoms with van der Waals surface area (Å²) < 4.78 is 53.6. The molecule has 2 heterocycles. The number of aromatic nitrogens is 2. The molecule has 4 aromatic rings. The first-order valence-corrected chi connectivity index (χ1v) is 11.4. The van der Waals surface area contributed by atoms with Crippen LogP contribution in [0.2, 0.25) is 0 Å². The normalized spacial score (nSPS) is 12.4. The minimum Gasteiger partial charge on any atom is -0.454 e. The van der Waals surface area contributed by atoms with E-state index in [2.05, 4.69) is 20.0 Å². The molecule has 0 saturated carbocycles. The fourth-order valence-corrected chi connectivity index (χ4v) is 4.30. The van der Waals surface area contributed by atoms with Gasteiger partial charge in [-0.15, -0.1) is 0 Å². The van der Waals surface area contributed by atoms with Crippen LogP contribution in [-0.4, -0.2) is 16.8 Å². The summed E-state index contributed by atoms with van der Waals surface area (Å²) in [5.74, 6) is 1.82. The number of benzene rings is 3. The monoisotopic (exact) mass is 496 g/mol. The van der Waals surface area contributed by atoms with Crippen molar-refractivity contribution in [2.75, 3.05) is 16.8 Å². The summed E-state index contributed by atoms with van der Waals surface area (Å²) in [5, 5.41) is 3.35. The molecule has 178 valence electrons. The summed E-state index contributed by atoms with van der Waals surface area (Å²) in [4.78, 5) is 8.72. The predicted octanol–water partition coefficient (Wildman–Crippen LogP) is 6.62. The predicted molar refractivity (Wildman–Crippen MR) is 128 cm³/mol. The molecule has 0 aliphatic carbocycles. The number of alkyl halides is 3. The molecule has 1 aromatic heterocycles. The van der Waals surface area contributed by atoms with Crippen LogP contribution in [0.25, 0.3) is 11.3 Å². The number of nitrogens with one attached hydrogen (secondary N) is 2. The van der Waals surface area contributed by atoms with Crippen LogP contribution < -0.4 is 19.5 Å². The molecule has 1 aliphatic rings. The van der Waals surface area contributed by atoms with Crippen LogP contribution >= 0.6 is 11.9 Å². The summed E-state index contributed by atoms with van der Waals surface area (Å²) in [6.45, 7) is 0.822. The third kappa shape index (κ3) is 5.27. The molecular weight excluding hydrogens is 477 g/mol. The average Bonchev–Trinajstić information content (AvgIpc) is 3.34. The van der Waals surface area contributed by atoms with E-state index in [1.807, 2.05) is 42.5 Å². The Hall–Kier alpha value is -3.92. The van der Waals surface area contributed by atoms with Gasteiger partial charge in [-0.05, 0) is 41.8 Å². The molecule has 0 amide bonds. The standard InChI is InChI=1S/C25H19F3N4O2S/c26-25(27,28)19-3-1-2-4-22(19)35-32-24-23(29-11-12-30-24)17-7-5-16(6-8-17)14-31-18-9-10-20-21(13-18)34-15-33-20/h1-13,31H,14-15H2,(H,30,32). The number of hydrogen-bond donors (Lipinski definition) is 2. The molecule has 0 saturated heterocycles. The minimum absolute atomic E-state index is 0.0570. The molecule has 3 aromatic carbocycles. The number of anilines is 2. The second-order valence-corrected chi connectivity index (χ2v) is 8.42. The van der Waals surface area contributed by atoms with E-state index in [0.29, 0.717) is 23.8 Å². The molecule has 1 aliphatic heterocycles. The summed E-state index contributed by atoms with van der Waals surface area (Å²) in [6, 6.07) is 18.8. The number of rotatable bonds is 7. The Morgan fingerprint density at radius 2 is 1.66 bits per heavy atom. The van der Waals surface area contributed by atoms with Gasteiger partial charge in [-0.25, -0.2) is 4.98 Å². The van der Waals surface area contributed by atoms with Crippen molar-refractivity contribution in [1.82, 2.24) is 9.97 Å². The fourth-order valence-electron chi connectivity index (χ4n) is 3.51. The zero-order valence-corrected chi connectivity index (χ0v) is 19.0. The van der Waals surface area contributed by atoms with E-state index < -0.39 is 11.7 Å². The van der Waals surface area contributed by atoms with E-state index in [9.17, 15) is 13.2 Å². The van der Waals surface area contributed by atoms with E-state index >= 15 is 0 Å². The van der Waals surface area contributed by atoms with Crippen LogP contribution in [0.3, 0.4) is 0 Å². The van der Waals surface area contributed by atoms with E-state index in [0.717, 1.165) is 40.6 Å². The van der Waals surface area contributed by atoms with Crippen LogP contribution in [0.4, 0.5) is 24.7 Å². The van der Waals surface area contributed by atoms with Crippen molar-refractivity contribution in [3.05, 3.63) is 90.3 Å². The molecule has 6 nitrogen and oxygen atoms in total. The molecule has 0 fully saturated rings. The van der Waals surface area contributed by atoms with Crippen molar-refractivity contribution in [3.63, 3.8) is 0 Å². The van der Waals surface area contributed by atoms with Crippen molar-refractivity contribution < 1.29 is 22.6 Å². The second kappa shape index (κ2) is 9.75. The third-order valence-electron chi connectivity index (χ3n) is 5.24. The van der Waals surface area contributed by atoms with Gasteiger partial charge in [0.05, 0.1) is 5.56 Å². The SMILES string of the molecule is FC(F)(F)c1ccccc1SNc1nccnc1-c1ccc(CNc2ccc3c(c2)OCO3)cc1. The number of nitrogens with zero attached hydrogens (tertiary/aromatic N) is 2. The molecule has 0 radical (unpaired) electrons. The van der Waals surface area contributed by atoms with E-state index in [1.54, 1.807) is 12.3 Å². The van der Waals surface area contributed by atoms with Crippen molar-refractivity contribution in [3.8, 4) is 22.8 Å². The summed E-state index contributed by atoms with van der Waals surface area (Å²) in [5.41, 5.74) is 2.58. The highest BCUT2D eigenvalue weighted by atomic mass is 32.2. The van der Waals surface area contributed by atoms with Crippen molar-refractivity contribution in [2.24, 2.45) is 0 Å². The number of fused-ring (bicyclic) bond motifs is 1. The maximum atomic E-state index is 13.3. The fraction of sp³-hybridized carbons (Fsp3) is 0.120. The van der Waals surface area contributed by atoms with Gasteiger partial charge in [0.15, 0.2) is 17.3 Å². The Morgan fingerprint density at radius 1 is 0.886 bits per heavy atom. The van der Waals surface area contributed by atoms with Gasteiger partial charge in [-0.3, -0.25) is 4.98 Å². The molecule has 0 bridgehead atoms. The lowest BCUT2D eigenvalue weighted by atomic mass is 10.1. The van der Waals surface area contributed by atoms with Crippen LogP contribution in [0.5, 0.6) is 11.5 Å². The number of ether oxygens (including phenoxy) is 2. The van der Waals surface area contributed by atoms with Gasteiger partial charge < -0.3 is 19.5 Å². The van der Waals surface area contributed by atoms with Gasteiger partial charge >= 0.3 is 6.18 Å².